The molecule has 0 aliphatic heterocycles. The quantitative estimate of drug-likeness (QED) is 0.624. The fourth-order valence-corrected chi connectivity index (χ4v) is 1.03. The summed E-state index contributed by atoms with van der Waals surface area (Å²) in [5.74, 6) is 0. The Labute approximate surface area is 73.2 Å². The van der Waals surface area contributed by atoms with Gasteiger partial charge in [0.2, 0.25) is 0 Å². The van der Waals surface area contributed by atoms with E-state index in [0.717, 1.165) is 17.8 Å². The van der Waals surface area contributed by atoms with Crippen molar-refractivity contribution in [2.45, 2.75) is 20.4 Å². The van der Waals surface area contributed by atoms with E-state index in [9.17, 15) is 0 Å². The average molecular weight is 162 g/mol. The first-order valence-electron chi connectivity index (χ1n) is 4.11. The lowest BCUT2D eigenvalue weighted by Crippen LogP contribution is -1.93. The molecule has 1 aromatic rings. The second kappa shape index (κ2) is 3.90. The maximum absolute atomic E-state index is 4.31. The molecule has 0 radical (unpaired) electrons. The Hall–Kier alpha value is -1.31. The van der Waals surface area contributed by atoms with Crippen molar-refractivity contribution < 1.29 is 0 Å². The molecule has 0 N–H and O–H groups in total. The summed E-state index contributed by atoms with van der Waals surface area (Å²) in [6.45, 7) is 8.62. The highest BCUT2D eigenvalue weighted by atomic mass is 15.3. The molecular weight excluding hydrogens is 148 g/mol. The van der Waals surface area contributed by atoms with Crippen molar-refractivity contribution in [3.8, 4) is 0 Å². The molecule has 0 saturated heterocycles. The van der Waals surface area contributed by atoms with Crippen molar-refractivity contribution in [1.29, 1.82) is 0 Å². The zero-order valence-electron chi connectivity index (χ0n) is 7.62. The van der Waals surface area contributed by atoms with Gasteiger partial charge in [0, 0.05) is 18.3 Å². The molecule has 1 aromatic heterocycles. The van der Waals surface area contributed by atoms with Gasteiger partial charge in [-0.2, -0.15) is 5.10 Å². The van der Waals surface area contributed by atoms with Crippen molar-refractivity contribution in [3.63, 3.8) is 0 Å². The van der Waals surface area contributed by atoms with E-state index >= 15 is 0 Å². The molecule has 0 saturated carbocycles. The predicted molar refractivity (Wildman–Crippen MR) is 51.9 cm³/mol. The van der Waals surface area contributed by atoms with Crippen LogP contribution in [0.2, 0.25) is 0 Å². The highest BCUT2D eigenvalue weighted by Crippen LogP contribution is 2.07. The lowest BCUT2D eigenvalue weighted by Gasteiger charge is -1.89. The van der Waals surface area contributed by atoms with E-state index in [4.69, 9.17) is 0 Å². The molecule has 0 spiro atoms. The molecule has 12 heavy (non-hydrogen) atoms. The van der Waals surface area contributed by atoms with Gasteiger partial charge in [-0.15, -0.1) is 0 Å². The number of allylic oxidation sites excluding steroid dienone is 2. The number of aromatic nitrogens is 2. The number of hydrogen-bond donors (Lipinski definition) is 0. The smallest absolute Gasteiger partial charge is 0.0666 e. The van der Waals surface area contributed by atoms with Crippen molar-refractivity contribution in [2.75, 3.05) is 0 Å². The van der Waals surface area contributed by atoms with E-state index in [2.05, 4.69) is 18.6 Å². The Kier molecular flexibility index (Phi) is 2.86. The Morgan fingerprint density at radius 2 is 2.42 bits per heavy atom. The minimum absolute atomic E-state index is 0.919. The van der Waals surface area contributed by atoms with E-state index in [0.29, 0.717) is 0 Å². The van der Waals surface area contributed by atoms with Gasteiger partial charge in [0.25, 0.3) is 0 Å². The number of aryl methyl sites for hydroxylation is 2. The van der Waals surface area contributed by atoms with Crippen LogP contribution in [-0.4, -0.2) is 9.78 Å². The van der Waals surface area contributed by atoms with Crippen molar-refractivity contribution >= 4 is 6.08 Å². The first kappa shape index (κ1) is 8.78. The van der Waals surface area contributed by atoms with Crippen LogP contribution in [0.1, 0.15) is 18.2 Å². The third-order valence-corrected chi connectivity index (χ3v) is 1.72. The zero-order valence-corrected chi connectivity index (χ0v) is 7.62. The predicted octanol–water partition coefficient (Wildman–Crippen LogP) is 2.41. The largest absolute Gasteiger partial charge is 0.272 e. The first-order chi connectivity index (χ1) is 5.77. The monoisotopic (exact) mass is 162 g/mol. The zero-order chi connectivity index (χ0) is 8.97. The number of nitrogens with zero attached hydrogens (tertiary/aromatic N) is 2. The lowest BCUT2D eigenvalue weighted by atomic mass is 10.2. The second-order valence-electron chi connectivity index (χ2n) is 2.62. The summed E-state index contributed by atoms with van der Waals surface area (Å²) in [6, 6.07) is 0. The highest BCUT2D eigenvalue weighted by Gasteiger charge is 1.98. The molecule has 0 aliphatic carbocycles. The van der Waals surface area contributed by atoms with Crippen LogP contribution in [0.4, 0.5) is 0 Å². The molecule has 0 aliphatic rings. The molecular formula is C10H14N2. The molecule has 0 amide bonds. The van der Waals surface area contributed by atoms with E-state index < -0.39 is 0 Å². The van der Waals surface area contributed by atoms with Gasteiger partial charge in [0.1, 0.15) is 0 Å². The molecule has 2 heteroatoms. The van der Waals surface area contributed by atoms with Gasteiger partial charge < -0.3 is 0 Å². The van der Waals surface area contributed by atoms with Crippen molar-refractivity contribution in [3.05, 3.63) is 36.2 Å². The molecule has 0 fully saturated rings. The van der Waals surface area contributed by atoms with E-state index in [1.54, 1.807) is 6.08 Å². The van der Waals surface area contributed by atoms with Gasteiger partial charge in [-0.05, 0) is 13.8 Å². The number of hydrogen-bond acceptors (Lipinski definition) is 1. The summed E-state index contributed by atoms with van der Waals surface area (Å²) in [5.41, 5.74) is 2.23. The second-order valence-corrected chi connectivity index (χ2v) is 2.62. The molecule has 64 valence electrons. The topological polar surface area (TPSA) is 17.8 Å². The van der Waals surface area contributed by atoms with Crippen LogP contribution in [0.3, 0.4) is 0 Å². The summed E-state index contributed by atoms with van der Waals surface area (Å²) in [4.78, 5) is 0. The third kappa shape index (κ3) is 1.84. The van der Waals surface area contributed by atoms with Gasteiger partial charge in [-0.25, -0.2) is 0 Å². The average Bonchev–Trinajstić information content (AvgIpc) is 2.43. The number of rotatable bonds is 3. The molecule has 0 aromatic carbocycles. The van der Waals surface area contributed by atoms with E-state index in [-0.39, 0.29) is 0 Å². The summed E-state index contributed by atoms with van der Waals surface area (Å²) < 4.78 is 1.93. The van der Waals surface area contributed by atoms with Gasteiger partial charge >= 0.3 is 0 Å². The molecule has 1 heterocycles. The van der Waals surface area contributed by atoms with Crippen molar-refractivity contribution in [1.82, 2.24) is 9.78 Å². The van der Waals surface area contributed by atoms with Crippen LogP contribution in [0, 0.1) is 6.92 Å². The minimum Gasteiger partial charge on any atom is -0.272 e. The summed E-state index contributed by atoms with van der Waals surface area (Å²) in [5, 5.41) is 4.31. The fourth-order valence-electron chi connectivity index (χ4n) is 1.03. The Morgan fingerprint density at radius 1 is 1.67 bits per heavy atom. The Bertz CT molecular complexity index is 295. The van der Waals surface area contributed by atoms with Gasteiger partial charge in [-0.1, -0.05) is 24.8 Å². The van der Waals surface area contributed by atoms with Crippen LogP contribution in [-0.2, 0) is 6.54 Å². The minimum atomic E-state index is 0.919. The molecule has 0 atom stereocenters. The highest BCUT2D eigenvalue weighted by molar-refractivity contribution is 5.52. The Balaban J connectivity index is 2.91. The summed E-state index contributed by atoms with van der Waals surface area (Å²) >= 11 is 0. The maximum atomic E-state index is 4.31. The van der Waals surface area contributed by atoms with Crippen molar-refractivity contribution in [2.24, 2.45) is 0 Å². The molecule has 1 rings (SSSR count). The van der Waals surface area contributed by atoms with Crippen LogP contribution >= 0.6 is 0 Å². The third-order valence-electron chi connectivity index (χ3n) is 1.72. The maximum Gasteiger partial charge on any atom is 0.0666 e. The van der Waals surface area contributed by atoms with Gasteiger partial charge in [0.15, 0.2) is 0 Å². The van der Waals surface area contributed by atoms with Crippen LogP contribution in [0.15, 0.2) is 24.9 Å². The van der Waals surface area contributed by atoms with E-state index in [1.165, 1.54) is 0 Å². The molecule has 0 bridgehead atoms. The normalized spacial score (nSPS) is 10.8. The lowest BCUT2D eigenvalue weighted by molar-refractivity contribution is 0.653. The first-order valence-corrected chi connectivity index (χ1v) is 4.11. The van der Waals surface area contributed by atoms with Crippen LogP contribution in [0.25, 0.3) is 6.08 Å². The van der Waals surface area contributed by atoms with E-state index in [1.807, 2.05) is 30.0 Å². The van der Waals surface area contributed by atoms with Crippen LogP contribution < -0.4 is 0 Å². The van der Waals surface area contributed by atoms with Gasteiger partial charge in [0.05, 0.1) is 5.69 Å². The summed E-state index contributed by atoms with van der Waals surface area (Å²) in [6.07, 6.45) is 7.74. The van der Waals surface area contributed by atoms with Crippen LogP contribution in [0.5, 0.6) is 0 Å². The SMILES string of the molecule is C=C/C=C\c1cn(CC)nc1C. The standard InChI is InChI=1S/C10H14N2/c1-4-6-7-10-8-12(5-2)11-9(10)3/h4,6-8H,1,5H2,2-3H3/b7-6-. The fraction of sp³-hybridized carbons (Fsp3) is 0.300. The van der Waals surface area contributed by atoms with Gasteiger partial charge in [-0.3, -0.25) is 4.68 Å². The molecule has 2 nitrogen and oxygen atoms in total. The summed E-state index contributed by atoms with van der Waals surface area (Å²) in [7, 11) is 0. The Morgan fingerprint density at radius 3 is 2.92 bits per heavy atom. The molecule has 0 unspecified atom stereocenters.